The van der Waals surface area contributed by atoms with Crippen molar-refractivity contribution in [2.45, 2.75) is 13.5 Å². The van der Waals surface area contributed by atoms with Gasteiger partial charge in [-0.05, 0) is 19.1 Å². The van der Waals surface area contributed by atoms with E-state index in [2.05, 4.69) is 10.00 Å². The minimum atomic E-state index is 0.671. The molecule has 0 aliphatic rings. The lowest BCUT2D eigenvalue weighted by Crippen LogP contribution is -2.19. The van der Waals surface area contributed by atoms with Crippen molar-refractivity contribution in [3.63, 3.8) is 0 Å². The van der Waals surface area contributed by atoms with Gasteiger partial charge < -0.3 is 10.6 Å². The van der Waals surface area contributed by atoms with E-state index in [0.29, 0.717) is 6.54 Å². The lowest BCUT2D eigenvalue weighted by atomic mass is 10.2. The molecule has 1 aromatic heterocycles. The van der Waals surface area contributed by atoms with Crippen molar-refractivity contribution in [2.75, 3.05) is 17.7 Å². The van der Waals surface area contributed by atoms with Gasteiger partial charge in [0.2, 0.25) is 0 Å². The maximum absolute atomic E-state index is 6.24. The van der Waals surface area contributed by atoms with E-state index in [0.717, 1.165) is 27.8 Å². The number of rotatable bonds is 3. The number of anilines is 2. The molecule has 1 aromatic carbocycles. The van der Waals surface area contributed by atoms with Gasteiger partial charge in [0.25, 0.3) is 0 Å². The number of aryl methyl sites for hydroxylation is 2. The number of nitrogens with two attached hydrogens (primary N) is 1. The number of benzene rings is 1. The van der Waals surface area contributed by atoms with Crippen LogP contribution in [0, 0.1) is 6.92 Å². The molecule has 4 nitrogen and oxygen atoms in total. The standard InChI is InChI=1S/C13H17ClN4/c1-9-13(14)12(18(3)16-9)8-17(2)11-7-5-4-6-10(11)15/h4-7H,8,15H2,1-3H3. The van der Waals surface area contributed by atoms with Crippen molar-refractivity contribution in [1.29, 1.82) is 0 Å². The topological polar surface area (TPSA) is 47.1 Å². The molecular formula is C13H17ClN4. The zero-order valence-corrected chi connectivity index (χ0v) is 11.6. The first-order chi connectivity index (χ1) is 8.50. The summed E-state index contributed by atoms with van der Waals surface area (Å²) in [5, 5.41) is 5.03. The molecule has 5 heteroatoms. The fourth-order valence-electron chi connectivity index (χ4n) is 2.00. The molecule has 96 valence electrons. The van der Waals surface area contributed by atoms with Gasteiger partial charge in [-0.1, -0.05) is 23.7 Å². The number of nitrogen functional groups attached to an aromatic ring is 1. The summed E-state index contributed by atoms with van der Waals surface area (Å²) in [7, 11) is 3.89. The Morgan fingerprint density at radius 2 is 2.06 bits per heavy atom. The molecular weight excluding hydrogens is 248 g/mol. The molecule has 2 rings (SSSR count). The van der Waals surface area contributed by atoms with E-state index in [1.54, 1.807) is 0 Å². The molecule has 0 spiro atoms. The summed E-state index contributed by atoms with van der Waals surface area (Å²) in [4.78, 5) is 2.07. The number of nitrogens with zero attached hydrogens (tertiary/aromatic N) is 3. The monoisotopic (exact) mass is 264 g/mol. The van der Waals surface area contributed by atoms with Crippen molar-refractivity contribution in [3.8, 4) is 0 Å². The van der Waals surface area contributed by atoms with Gasteiger partial charge in [-0.3, -0.25) is 4.68 Å². The van der Waals surface area contributed by atoms with Crippen LogP contribution in [0.3, 0.4) is 0 Å². The second-order valence-electron chi connectivity index (χ2n) is 4.38. The lowest BCUT2D eigenvalue weighted by molar-refractivity contribution is 0.694. The Morgan fingerprint density at radius 1 is 1.39 bits per heavy atom. The van der Waals surface area contributed by atoms with Crippen LogP contribution in [0.1, 0.15) is 11.4 Å². The van der Waals surface area contributed by atoms with E-state index in [9.17, 15) is 0 Å². The van der Waals surface area contributed by atoms with E-state index < -0.39 is 0 Å². The summed E-state index contributed by atoms with van der Waals surface area (Å²) >= 11 is 6.24. The Morgan fingerprint density at radius 3 is 2.61 bits per heavy atom. The second-order valence-corrected chi connectivity index (χ2v) is 4.76. The first kappa shape index (κ1) is 12.8. The third kappa shape index (κ3) is 2.29. The highest BCUT2D eigenvalue weighted by molar-refractivity contribution is 6.31. The number of hydrogen-bond donors (Lipinski definition) is 1. The van der Waals surface area contributed by atoms with Crippen LogP contribution in [-0.2, 0) is 13.6 Å². The molecule has 0 saturated carbocycles. The SMILES string of the molecule is Cc1nn(C)c(CN(C)c2ccccc2N)c1Cl. The van der Waals surface area contributed by atoms with Crippen LogP contribution in [0.4, 0.5) is 11.4 Å². The molecule has 0 aliphatic heterocycles. The summed E-state index contributed by atoms with van der Waals surface area (Å²) in [6.45, 7) is 2.58. The molecule has 0 aliphatic carbocycles. The number of para-hydroxylation sites is 2. The quantitative estimate of drug-likeness (QED) is 0.867. The van der Waals surface area contributed by atoms with Gasteiger partial charge in [0.05, 0.1) is 34.3 Å². The number of halogens is 1. The van der Waals surface area contributed by atoms with Crippen molar-refractivity contribution in [3.05, 3.63) is 40.7 Å². The summed E-state index contributed by atoms with van der Waals surface area (Å²) in [6, 6.07) is 7.78. The molecule has 2 aromatic rings. The molecule has 0 unspecified atom stereocenters. The molecule has 18 heavy (non-hydrogen) atoms. The smallest absolute Gasteiger partial charge is 0.0865 e. The molecule has 0 atom stereocenters. The van der Waals surface area contributed by atoms with Gasteiger partial charge in [-0.2, -0.15) is 5.10 Å². The third-order valence-corrected chi connectivity index (χ3v) is 3.49. The van der Waals surface area contributed by atoms with Crippen molar-refractivity contribution in [2.24, 2.45) is 7.05 Å². The zero-order valence-electron chi connectivity index (χ0n) is 10.8. The molecule has 0 bridgehead atoms. The average Bonchev–Trinajstić information content (AvgIpc) is 2.56. The van der Waals surface area contributed by atoms with Gasteiger partial charge in [0, 0.05) is 14.1 Å². The van der Waals surface area contributed by atoms with E-state index in [1.807, 2.05) is 50.0 Å². The maximum atomic E-state index is 6.24. The van der Waals surface area contributed by atoms with Gasteiger partial charge >= 0.3 is 0 Å². The molecule has 2 N–H and O–H groups in total. The average molecular weight is 265 g/mol. The highest BCUT2D eigenvalue weighted by Crippen LogP contribution is 2.26. The van der Waals surface area contributed by atoms with E-state index in [-0.39, 0.29) is 0 Å². The third-order valence-electron chi connectivity index (χ3n) is 3.00. The maximum Gasteiger partial charge on any atom is 0.0865 e. The Hall–Kier alpha value is -1.68. The van der Waals surface area contributed by atoms with Crippen LogP contribution < -0.4 is 10.6 Å². The zero-order chi connectivity index (χ0) is 13.3. The number of hydrogen-bond acceptors (Lipinski definition) is 3. The minimum absolute atomic E-state index is 0.671. The van der Waals surface area contributed by atoms with Crippen LogP contribution in [0.25, 0.3) is 0 Å². The predicted molar refractivity (Wildman–Crippen MR) is 75.9 cm³/mol. The number of aromatic nitrogens is 2. The minimum Gasteiger partial charge on any atom is -0.397 e. The van der Waals surface area contributed by atoms with Crippen molar-refractivity contribution in [1.82, 2.24) is 9.78 Å². The highest BCUT2D eigenvalue weighted by atomic mass is 35.5. The van der Waals surface area contributed by atoms with Crippen molar-refractivity contribution < 1.29 is 0 Å². The van der Waals surface area contributed by atoms with Crippen LogP contribution in [0.2, 0.25) is 5.02 Å². The Balaban J connectivity index is 2.27. The van der Waals surface area contributed by atoms with Crippen LogP contribution in [0.15, 0.2) is 24.3 Å². The van der Waals surface area contributed by atoms with Gasteiger partial charge in [-0.15, -0.1) is 0 Å². The van der Waals surface area contributed by atoms with Crippen LogP contribution in [0.5, 0.6) is 0 Å². The highest BCUT2D eigenvalue weighted by Gasteiger charge is 2.14. The lowest BCUT2D eigenvalue weighted by Gasteiger charge is -2.21. The summed E-state index contributed by atoms with van der Waals surface area (Å²) < 4.78 is 1.81. The normalized spacial score (nSPS) is 10.7. The summed E-state index contributed by atoms with van der Waals surface area (Å²) in [5.74, 6) is 0. The molecule has 1 heterocycles. The van der Waals surface area contributed by atoms with Gasteiger partial charge in [-0.25, -0.2) is 0 Å². The predicted octanol–water partition coefficient (Wildman–Crippen LogP) is 2.60. The molecule has 0 amide bonds. The van der Waals surface area contributed by atoms with Crippen LogP contribution in [-0.4, -0.2) is 16.8 Å². The fourth-order valence-corrected chi connectivity index (χ4v) is 2.22. The molecule has 0 radical (unpaired) electrons. The van der Waals surface area contributed by atoms with Crippen molar-refractivity contribution >= 4 is 23.0 Å². The molecule has 0 fully saturated rings. The van der Waals surface area contributed by atoms with E-state index in [1.165, 1.54) is 0 Å². The first-order valence-electron chi connectivity index (χ1n) is 5.74. The fraction of sp³-hybridized carbons (Fsp3) is 0.308. The van der Waals surface area contributed by atoms with E-state index in [4.69, 9.17) is 17.3 Å². The largest absolute Gasteiger partial charge is 0.397 e. The van der Waals surface area contributed by atoms with Gasteiger partial charge in [0.1, 0.15) is 0 Å². The van der Waals surface area contributed by atoms with Gasteiger partial charge in [0.15, 0.2) is 0 Å². The molecule has 0 saturated heterocycles. The van der Waals surface area contributed by atoms with E-state index >= 15 is 0 Å². The first-order valence-corrected chi connectivity index (χ1v) is 6.12. The second kappa shape index (κ2) is 4.90. The summed E-state index contributed by atoms with van der Waals surface area (Å²) in [6.07, 6.45) is 0. The van der Waals surface area contributed by atoms with Crippen LogP contribution >= 0.6 is 11.6 Å². The Bertz CT molecular complexity index is 562. The summed E-state index contributed by atoms with van der Waals surface area (Å²) in [5.41, 5.74) is 9.55. The Kier molecular flexibility index (Phi) is 3.48. The Labute approximate surface area is 112 Å².